The number of benzene rings is 1. The summed E-state index contributed by atoms with van der Waals surface area (Å²) in [5, 5.41) is 6.12. The Morgan fingerprint density at radius 1 is 1.60 bits per heavy atom. The average Bonchev–Trinajstić information content (AvgIpc) is 2.46. The smallest absolute Gasteiger partial charge is 0.226 e. The first-order valence-corrected chi connectivity index (χ1v) is 6.72. The van der Waals surface area contributed by atoms with Gasteiger partial charge in [-0.2, -0.15) is 0 Å². The van der Waals surface area contributed by atoms with E-state index in [1.54, 1.807) is 12.1 Å². The van der Waals surface area contributed by atoms with Gasteiger partial charge in [-0.15, -0.1) is 0 Å². The minimum absolute atomic E-state index is 0.0335. The van der Waals surface area contributed by atoms with Crippen molar-refractivity contribution in [2.75, 3.05) is 31.7 Å². The lowest BCUT2D eigenvalue weighted by Crippen LogP contribution is -2.43. The zero-order valence-electron chi connectivity index (χ0n) is 11.4. The van der Waals surface area contributed by atoms with Crippen LogP contribution in [0, 0.1) is 0 Å². The highest BCUT2D eigenvalue weighted by atomic mass is 16.5. The summed E-state index contributed by atoms with van der Waals surface area (Å²) in [6.07, 6.45) is 2.08. The Balaban J connectivity index is 1.85. The molecule has 1 saturated heterocycles. The molecule has 2 rings (SSSR count). The quantitative estimate of drug-likeness (QED) is 0.774. The van der Waals surface area contributed by atoms with Crippen molar-refractivity contribution in [3.8, 4) is 5.75 Å². The number of hydrogen-bond acceptors (Lipinski definition) is 4. The SMILES string of the molecule is C=CCOc1cccc(NC(=O)CC2COCCN2)c1. The zero-order valence-corrected chi connectivity index (χ0v) is 11.4. The molecule has 0 aromatic heterocycles. The maximum absolute atomic E-state index is 11.9. The summed E-state index contributed by atoms with van der Waals surface area (Å²) in [5.41, 5.74) is 0.730. The number of amides is 1. The number of nitrogens with one attached hydrogen (secondary N) is 2. The Morgan fingerprint density at radius 3 is 3.25 bits per heavy atom. The lowest BCUT2D eigenvalue weighted by atomic mass is 10.2. The van der Waals surface area contributed by atoms with Crippen LogP contribution in [0.1, 0.15) is 6.42 Å². The van der Waals surface area contributed by atoms with Gasteiger partial charge in [0.15, 0.2) is 0 Å². The Morgan fingerprint density at radius 2 is 2.50 bits per heavy atom. The molecule has 2 N–H and O–H groups in total. The van der Waals surface area contributed by atoms with Gasteiger partial charge < -0.3 is 20.1 Å². The average molecular weight is 276 g/mol. The molecule has 0 saturated carbocycles. The fourth-order valence-corrected chi connectivity index (χ4v) is 2.01. The number of rotatable bonds is 6. The largest absolute Gasteiger partial charge is 0.489 e. The summed E-state index contributed by atoms with van der Waals surface area (Å²) in [6.45, 7) is 6.13. The summed E-state index contributed by atoms with van der Waals surface area (Å²) in [7, 11) is 0. The Hall–Kier alpha value is -1.85. The summed E-state index contributed by atoms with van der Waals surface area (Å²) in [4.78, 5) is 11.9. The highest BCUT2D eigenvalue weighted by Crippen LogP contribution is 2.17. The van der Waals surface area contributed by atoms with Crippen molar-refractivity contribution < 1.29 is 14.3 Å². The number of carbonyl (C=O) groups excluding carboxylic acids is 1. The molecule has 1 atom stereocenters. The summed E-state index contributed by atoms with van der Waals surface area (Å²) in [6, 6.07) is 7.41. The molecule has 1 aliphatic rings. The molecule has 1 aliphatic heterocycles. The molecule has 1 aromatic carbocycles. The van der Waals surface area contributed by atoms with E-state index in [0.717, 1.165) is 12.2 Å². The Labute approximate surface area is 119 Å². The summed E-state index contributed by atoms with van der Waals surface area (Å²) < 4.78 is 10.8. The lowest BCUT2D eigenvalue weighted by Gasteiger charge is -2.23. The van der Waals surface area contributed by atoms with Crippen molar-refractivity contribution in [1.29, 1.82) is 0 Å². The van der Waals surface area contributed by atoms with Crippen LogP contribution in [-0.2, 0) is 9.53 Å². The van der Waals surface area contributed by atoms with Crippen molar-refractivity contribution in [2.24, 2.45) is 0 Å². The molecule has 20 heavy (non-hydrogen) atoms. The van der Waals surface area contributed by atoms with Crippen molar-refractivity contribution in [3.63, 3.8) is 0 Å². The molecule has 0 radical (unpaired) electrons. The molecule has 5 nitrogen and oxygen atoms in total. The van der Waals surface area contributed by atoms with Crippen LogP contribution in [0.2, 0.25) is 0 Å². The van der Waals surface area contributed by atoms with E-state index in [2.05, 4.69) is 17.2 Å². The van der Waals surface area contributed by atoms with Crippen LogP contribution in [0.15, 0.2) is 36.9 Å². The van der Waals surface area contributed by atoms with Gasteiger partial charge in [0.25, 0.3) is 0 Å². The van der Waals surface area contributed by atoms with E-state index >= 15 is 0 Å². The molecule has 108 valence electrons. The van der Waals surface area contributed by atoms with E-state index < -0.39 is 0 Å². The topological polar surface area (TPSA) is 59.6 Å². The number of anilines is 1. The first kappa shape index (κ1) is 14.6. The monoisotopic (exact) mass is 276 g/mol. The third-order valence-corrected chi connectivity index (χ3v) is 2.92. The minimum Gasteiger partial charge on any atom is -0.489 e. The van der Waals surface area contributed by atoms with Gasteiger partial charge in [-0.3, -0.25) is 4.79 Å². The van der Waals surface area contributed by atoms with E-state index in [1.807, 2.05) is 18.2 Å². The fourth-order valence-electron chi connectivity index (χ4n) is 2.01. The van der Waals surface area contributed by atoms with Gasteiger partial charge in [0.2, 0.25) is 5.91 Å². The second-order valence-electron chi connectivity index (χ2n) is 4.61. The molecule has 0 bridgehead atoms. The van der Waals surface area contributed by atoms with Crippen LogP contribution in [0.4, 0.5) is 5.69 Å². The molecular formula is C15H20N2O3. The van der Waals surface area contributed by atoms with Gasteiger partial charge in [-0.25, -0.2) is 0 Å². The van der Waals surface area contributed by atoms with Gasteiger partial charge in [-0.1, -0.05) is 18.7 Å². The van der Waals surface area contributed by atoms with Crippen molar-refractivity contribution >= 4 is 11.6 Å². The lowest BCUT2D eigenvalue weighted by molar-refractivity contribution is -0.117. The molecule has 5 heteroatoms. The molecule has 0 spiro atoms. The van der Waals surface area contributed by atoms with Crippen LogP contribution in [0.3, 0.4) is 0 Å². The molecule has 1 aromatic rings. The van der Waals surface area contributed by atoms with E-state index in [9.17, 15) is 4.79 Å². The maximum Gasteiger partial charge on any atom is 0.226 e. The van der Waals surface area contributed by atoms with Crippen LogP contribution in [0.25, 0.3) is 0 Å². The van der Waals surface area contributed by atoms with Gasteiger partial charge in [0.05, 0.1) is 13.2 Å². The van der Waals surface area contributed by atoms with E-state index in [0.29, 0.717) is 32.0 Å². The molecule has 1 heterocycles. The highest BCUT2D eigenvalue weighted by molar-refractivity contribution is 5.91. The third kappa shape index (κ3) is 4.68. The number of morpholine rings is 1. The van der Waals surface area contributed by atoms with Crippen molar-refractivity contribution in [2.45, 2.75) is 12.5 Å². The van der Waals surface area contributed by atoms with E-state index in [1.165, 1.54) is 0 Å². The van der Waals surface area contributed by atoms with Gasteiger partial charge in [0, 0.05) is 30.8 Å². The molecule has 0 aliphatic carbocycles. The number of ether oxygens (including phenoxy) is 2. The minimum atomic E-state index is -0.0335. The molecular weight excluding hydrogens is 256 g/mol. The normalized spacial score (nSPS) is 18.3. The number of hydrogen-bond donors (Lipinski definition) is 2. The fraction of sp³-hybridized carbons (Fsp3) is 0.400. The Bertz CT molecular complexity index is 456. The first-order chi connectivity index (χ1) is 9.78. The van der Waals surface area contributed by atoms with Crippen LogP contribution in [-0.4, -0.2) is 38.3 Å². The number of carbonyl (C=O) groups is 1. The second-order valence-corrected chi connectivity index (χ2v) is 4.61. The maximum atomic E-state index is 11.9. The van der Waals surface area contributed by atoms with E-state index in [4.69, 9.17) is 9.47 Å². The van der Waals surface area contributed by atoms with Crippen LogP contribution < -0.4 is 15.4 Å². The second kappa shape index (κ2) is 7.67. The van der Waals surface area contributed by atoms with E-state index in [-0.39, 0.29) is 11.9 Å². The summed E-state index contributed by atoms with van der Waals surface area (Å²) in [5.74, 6) is 0.677. The predicted octanol–water partition coefficient (Wildman–Crippen LogP) is 1.57. The first-order valence-electron chi connectivity index (χ1n) is 6.72. The van der Waals surface area contributed by atoms with Crippen LogP contribution in [0.5, 0.6) is 5.75 Å². The predicted molar refractivity (Wildman–Crippen MR) is 78.0 cm³/mol. The third-order valence-electron chi connectivity index (χ3n) is 2.92. The van der Waals surface area contributed by atoms with Crippen molar-refractivity contribution in [1.82, 2.24) is 5.32 Å². The highest BCUT2D eigenvalue weighted by Gasteiger charge is 2.16. The van der Waals surface area contributed by atoms with Crippen LogP contribution >= 0.6 is 0 Å². The summed E-state index contributed by atoms with van der Waals surface area (Å²) >= 11 is 0. The molecule has 1 fully saturated rings. The van der Waals surface area contributed by atoms with Gasteiger partial charge in [-0.05, 0) is 12.1 Å². The van der Waals surface area contributed by atoms with Gasteiger partial charge in [0.1, 0.15) is 12.4 Å². The Kier molecular flexibility index (Phi) is 5.58. The van der Waals surface area contributed by atoms with Gasteiger partial charge >= 0.3 is 0 Å². The van der Waals surface area contributed by atoms with Crippen molar-refractivity contribution in [3.05, 3.63) is 36.9 Å². The zero-order chi connectivity index (χ0) is 14.2. The standard InChI is InChI=1S/C15H20N2O3/c1-2-7-20-14-5-3-4-12(9-14)17-15(18)10-13-11-19-8-6-16-13/h2-5,9,13,16H,1,6-8,10-11H2,(H,17,18). The molecule has 1 amide bonds. The molecule has 1 unspecified atom stereocenters.